The highest BCUT2D eigenvalue weighted by Gasteiger charge is 2.81. The van der Waals surface area contributed by atoms with Crippen LogP contribution in [0.3, 0.4) is 0 Å². The van der Waals surface area contributed by atoms with E-state index in [9.17, 15) is 14.7 Å². The van der Waals surface area contributed by atoms with Gasteiger partial charge in [0.1, 0.15) is 11.7 Å². The molecular formula is C20H28O3. The van der Waals surface area contributed by atoms with Crippen LogP contribution in [0, 0.1) is 45.8 Å². The maximum absolute atomic E-state index is 12.7. The molecule has 3 saturated carbocycles. The van der Waals surface area contributed by atoms with Crippen LogP contribution in [0.15, 0.2) is 11.6 Å². The summed E-state index contributed by atoms with van der Waals surface area (Å²) in [5, 5.41) is 10.4. The number of hydrogen-bond acceptors (Lipinski definition) is 2. The fourth-order valence-corrected chi connectivity index (χ4v) is 7.56. The van der Waals surface area contributed by atoms with Gasteiger partial charge in [0.2, 0.25) is 0 Å². The van der Waals surface area contributed by atoms with Crippen molar-refractivity contribution in [2.45, 2.75) is 53.4 Å². The van der Waals surface area contributed by atoms with E-state index in [-0.39, 0.29) is 23.2 Å². The number of aldehydes is 1. The minimum Gasteiger partial charge on any atom is -0.481 e. The third-order valence-corrected chi connectivity index (χ3v) is 8.19. The quantitative estimate of drug-likeness (QED) is 0.634. The molecule has 0 aliphatic heterocycles. The summed E-state index contributed by atoms with van der Waals surface area (Å²) in [6, 6.07) is 0. The van der Waals surface area contributed by atoms with E-state index in [4.69, 9.17) is 0 Å². The van der Waals surface area contributed by atoms with Crippen molar-refractivity contribution in [2.24, 2.45) is 45.8 Å². The number of fused-ring (bicyclic) bond motifs is 2. The third kappa shape index (κ3) is 1.40. The topological polar surface area (TPSA) is 54.4 Å². The molecule has 0 aromatic carbocycles. The molecule has 1 N–H and O–H groups in total. The number of carboxylic acid groups (broad SMARTS) is 1. The van der Waals surface area contributed by atoms with E-state index < -0.39 is 16.8 Å². The van der Waals surface area contributed by atoms with Crippen molar-refractivity contribution in [3.05, 3.63) is 11.6 Å². The Labute approximate surface area is 138 Å². The first-order chi connectivity index (χ1) is 10.7. The van der Waals surface area contributed by atoms with Gasteiger partial charge in [0.25, 0.3) is 0 Å². The van der Waals surface area contributed by atoms with Gasteiger partial charge in [-0.2, -0.15) is 0 Å². The van der Waals surface area contributed by atoms with E-state index >= 15 is 0 Å². The molecular weight excluding hydrogens is 288 g/mol. The molecule has 0 spiro atoms. The molecule has 23 heavy (non-hydrogen) atoms. The van der Waals surface area contributed by atoms with Gasteiger partial charge in [0, 0.05) is 0 Å². The van der Waals surface area contributed by atoms with Crippen LogP contribution in [0.1, 0.15) is 53.4 Å². The SMILES string of the molecule is CC(C)C1=CC2(C)CC3(C=O)C4CCC(C)C4CC2C13C(=O)O. The summed E-state index contributed by atoms with van der Waals surface area (Å²) in [6.45, 7) is 8.68. The second kappa shape index (κ2) is 4.29. The lowest BCUT2D eigenvalue weighted by Crippen LogP contribution is -2.58. The second-order valence-corrected chi connectivity index (χ2v) is 9.32. The van der Waals surface area contributed by atoms with Gasteiger partial charge in [-0.15, -0.1) is 0 Å². The van der Waals surface area contributed by atoms with Crippen molar-refractivity contribution in [1.29, 1.82) is 0 Å². The highest BCUT2D eigenvalue weighted by Crippen LogP contribution is 2.81. The lowest BCUT2D eigenvalue weighted by atomic mass is 9.47. The fraction of sp³-hybridized carbons (Fsp3) is 0.800. The Morgan fingerprint density at radius 3 is 2.65 bits per heavy atom. The van der Waals surface area contributed by atoms with Gasteiger partial charge in [-0.1, -0.05) is 45.8 Å². The molecule has 4 aliphatic rings. The summed E-state index contributed by atoms with van der Waals surface area (Å²) in [5.41, 5.74) is -0.708. The minimum atomic E-state index is -0.942. The predicted octanol–water partition coefficient (Wildman–Crippen LogP) is 3.93. The maximum atomic E-state index is 12.7. The largest absolute Gasteiger partial charge is 0.481 e. The molecule has 0 aromatic heterocycles. The lowest BCUT2D eigenvalue weighted by Gasteiger charge is -2.53. The molecule has 126 valence electrons. The molecule has 7 unspecified atom stereocenters. The van der Waals surface area contributed by atoms with Gasteiger partial charge in [-0.05, 0) is 54.3 Å². The van der Waals surface area contributed by atoms with Crippen molar-refractivity contribution in [1.82, 2.24) is 0 Å². The van der Waals surface area contributed by atoms with Gasteiger partial charge in [0.15, 0.2) is 0 Å². The number of hydrogen-bond donors (Lipinski definition) is 1. The van der Waals surface area contributed by atoms with Gasteiger partial charge < -0.3 is 9.90 Å². The van der Waals surface area contributed by atoms with Crippen LogP contribution in [0.25, 0.3) is 0 Å². The maximum Gasteiger partial charge on any atom is 0.315 e. The monoisotopic (exact) mass is 316 g/mol. The molecule has 0 amide bonds. The fourth-order valence-electron chi connectivity index (χ4n) is 7.56. The third-order valence-electron chi connectivity index (χ3n) is 8.19. The molecule has 3 fully saturated rings. The summed E-state index contributed by atoms with van der Waals surface area (Å²) in [4.78, 5) is 25.2. The van der Waals surface area contributed by atoms with Gasteiger partial charge in [0.05, 0.1) is 5.41 Å². The highest BCUT2D eigenvalue weighted by molar-refractivity contribution is 5.89. The number of carboxylic acids is 1. The Kier molecular flexibility index (Phi) is 2.87. The van der Waals surface area contributed by atoms with Crippen molar-refractivity contribution >= 4 is 12.3 Å². The van der Waals surface area contributed by atoms with E-state index in [0.29, 0.717) is 11.8 Å². The van der Waals surface area contributed by atoms with Crippen LogP contribution in [-0.4, -0.2) is 17.4 Å². The molecule has 0 saturated heterocycles. The van der Waals surface area contributed by atoms with E-state index in [0.717, 1.165) is 37.5 Å². The second-order valence-electron chi connectivity index (χ2n) is 9.32. The smallest absolute Gasteiger partial charge is 0.315 e. The average Bonchev–Trinajstić information content (AvgIpc) is 3.03. The Morgan fingerprint density at radius 2 is 2.09 bits per heavy atom. The van der Waals surface area contributed by atoms with E-state index in [1.54, 1.807) is 0 Å². The standard InChI is InChI=1S/C20H28O3/c1-11(2)15-8-18(4)9-19(10-21)14-6-5-12(3)13(14)7-16(18)20(15,19)17(22)23/h8,10-14,16H,5-7,9H2,1-4H3,(H,22,23). The van der Waals surface area contributed by atoms with E-state index in [1.165, 1.54) is 0 Å². The van der Waals surface area contributed by atoms with Crippen LogP contribution in [-0.2, 0) is 9.59 Å². The first-order valence-corrected chi connectivity index (χ1v) is 9.17. The van der Waals surface area contributed by atoms with Gasteiger partial charge in [-0.3, -0.25) is 4.79 Å². The Bertz CT molecular complexity index is 620. The minimum absolute atomic E-state index is 0.0944. The highest BCUT2D eigenvalue weighted by atomic mass is 16.4. The number of carbonyl (C=O) groups excluding carboxylic acids is 1. The number of rotatable bonds is 3. The molecule has 4 aliphatic carbocycles. The van der Waals surface area contributed by atoms with Crippen molar-refractivity contribution in [3.8, 4) is 0 Å². The van der Waals surface area contributed by atoms with Gasteiger partial charge in [-0.25, -0.2) is 0 Å². The Morgan fingerprint density at radius 1 is 1.39 bits per heavy atom. The normalized spacial score (nSPS) is 53.3. The zero-order valence-electron chi connectivity index (χ0n) is 14.6. The zero-order chi connectivity index (χ0) is 16.8. The van der Waals surface area contributed by atoms with Crippen LogP contribution < -0.4 is 0 Å². The zero-order valence-corrected chi connectivity index (χ0v) is 14.6. The molecule has 0 heterocycles. The lowest BCUT2D eigenvalue weighted by molar-refractivity contribution is -0.169. The number of allylic oxidation sites excluding steroid dienone is 1. The number of aliphatic carboxylic acids is 1. The van der Waals surface area contributed by atoms with Crippen LogP contribution in [0.5, 0.6) is 0 Å². The average molecular weight is 316 g/mol. The van der Waals surface area contributed by atoms with Crippen LogP contribution in [0.2, 0.25) is 0 Å². The van der Waals surface area contributed by atoms with E-state index in [2.05, 4.69) is 33.8 Å². The molecule has 0 radical (unpaired) electrons. The molecule has 0 aromatic rings. The Balaban J connectivity index is 2.00. The Hall–Kier alpha value is -1.12. The molecule has 4 rings (SSSR count). The molecule has 7 atom stereocenters. The first kappa shape index (κ1) is 15.4. The molecule has 3 heteroatoms. The molecule has 3 nitrogen and oxygen atoms in total. The predicted molar refractivity (Wildman–Crippen MR) is 87.7 cm³/mol. The first-order valence-electron chi connectivity index (χ1n) is 9.17. The summed E-state index contributed by atoms with van der Waals surface area (Å²) in [7, 11) is 0. The molecule has 4 bridgehead atoms. The van der Waals surface area contributed by atoms with E-state index in [1.807, 2.05) is 0 Å². The van der Waals surface area contributed by atoms with Crippen LogP contribution in [0.4, 0.5) is 0 Å². The summed E-state index contributed by atoms with van der Waals surface area (Å²) < 4.78 is 0. The van der Waals surface area contributed by atoms with Gasteiger partial charge >= 0.3 is 5.97 Å². The van der Waals surface area contributed by atoms with Crippen LogP contribution >= 0.6 is 0 Å². The van der Waals surface area contributed by atoms with Crippen molar-refractivity contribution in [3.63, 3.8) is 0 Å². The summed E-state index contributed by atoms with van der Waals surface area (Å²) >= 11 is 0. The summed E-state index contributed by atoms with van der Waals surface area (Å²) in [5.74, 6) is 0.943. The van der Waals surface area contributed by atoms with Crippen molar-refractivity contribution < 1.29 is 14.7 Å². The number of carbonyl (C=O) groups is 2. The summed E-state index contributed by atoms with van der Waals surface area (Å²) in [6.07, 6.45) is 7.23. The van der Waals surface area contributed by atoms with Crippen molar-refractivity contribution in [2.75, 3.05) is 0 Å².